The molecule has 0 aromatic heterocycles. The first-order chi connectivity index (χ1) is 11.5. The van der Waals surface area contributed by atoms with Gasteiger partial charge in [-0.15, -0.1) is 0 Å². The lowest BCUT2D eigenvalue weighted by molar-refractivity contribution is -0.117. The molecule has 0 saturated heterocycles. The Morgan fingerprint density at radius 3 is 2.46 bits per heavy atom. The lowest BCUT2D eigenvalue weighted by atomic mass is 10.1. The second-order valence-electron chi connectivity index (χ2n) is 5.32. The summed E-state index contributed by atoms with van der Waals surface area (Å²) in [4.78, 5) is 23.5. The zero-order valence-corrected chi connectivity index (χ0v) is 15.1. The van der Waals surface area contributed by atoms with Gasteiger partial charge in [-0.3, -0.25) is 9.59 Å². The Kier molecular flexibility index (Phi) is 6.32. The van der Waals surface area contributed by atoms with Crippen molar-refractivity contribution in [1.82, 2.24) is 10.6 Å². The van der Waals surface area contributed by atoms with E-state index in [1.54, 1.807) is 37.4 Å². The van der Waals surface area contributed by atoms with Crippen molar-refractivity contribution in [1.29, 1.82) is 0 Å². The Hall–Kier alpha value is -2.40. The standard InChI is InChI=1S/C19H19BrN2O2/c1-13(16-4-3-5-17(20)12-16)22-18(23)11-8-14-6-9-15(10-7-14)19(24)21-2/h3-13H,1-2H3,(H,21,24)(H,22,23)/b11-8+. The molecular formula is C19H19BrN2O2. The van der Waals surface area contributed by atoms with Crippen LogP contribution in [0.2, 0.25) is 0 Å². The van der Waals surface area contributed by atoms with Crippen LogP contribution in [0.3, 0.4) is 0 Å². The van der Waals surface area contributed by atoms with Crippen molar-refractivity contribution >= 4 is 33.8 Å². The topological polar surface area (TPSA) is 58.2 Å². The van der Waals surface area contributed by atoms with Crippen molar-refractivity contribution in [3.8, 4) is 0 Å². The van der Waals surface area contributed by atoms with E-state index in [2.05, 4.69) is 26.6 Å². The molecule has 2 aromatic rings. The molecule has 4 nitrogen and oxygen atoms in total. The van der Waals surface area contributed by atoms with E-state index in [0.717, 1.165) is 15.6 Å². The fourth-order valence-electron chi connectivity index (χ4n) is 2.18. The molecule has 0 aliphatic heterocycles. The van der Waals surface area contributed by atoms with Gasteiger partial charge in [0, 0.05) is 23.2 Å². The lowest BCUT2D eigenvalue weighted by Crippen LogP contribution is -2.24. The molecule has 24 heavy (non-hydrogen) atoms. The van der Waals surface area contributed by atoms with E-state index in [-0.39, 0.29) is 17.9 Å². The molecule has 0 saturated carbocycles. The van der Waals surface area contributed by atoms with Crippen molar-refractivity contribution in [3.63, 3.8) is 0 Å². The highest BCUT2D eigenvalue weighted by atomic mass is 79.9. The summed E-state index contributed by atoms with van der Waals surface area (Å²) < 4.78 is 0.979. The maximum Gasteiger partial charge on any atom is 0.251 e. The Bertz CT molecular complexity index is 754. The molecule has 2 amide bonds. The van der Waals surface area contributed by atoms with Gasteiger partial charge in [0.2, 0.25) is 5.91 Å². The summed E-state index contributed by atoms with van der Waals surface area (Å²) in [5.74, 6) is -0.302. The van der Waals surface area contributed by atoms with Gasteiger partial charge in [0.1, 0.15) is 0 Å². The third kappa shape index (κ3) is 5.06. The highest BCUT2D eigenvalue weighted by molar-refractivity contribution is 9.10. The van der Waals surface area contributed by atoms with E-state index in [1.807, 2.05) is 31.2 Å². The fraction of sp³-hybridized carbons (Fsp3) is 0.158. The molecule has 0 aliphatic carbocycles. The number of amides is 2. The molecule has 0 bridgehead atoms. The average molecular weight is 387 g/mol. The minimum atomic E-state index is -0.169. The molecule has 2 aromatic carbocycles. The van der Waals surface area contributed by atoms with Crippen LogP contribution in [0, 0.1) is 0 Å². The predicted octanol–water partition coefficient (Wildman–Crippen LogP) is 3.70. The second kappa shape index (κ2) is 8.45. The molecule has 0 aliphatic rings. The van der Waals surface area contributed by atoms with Crippen molar-refractivity contribution in [2.75, 3.05) is 7.05 Å². The van der Waals surface area contributed by atoms with Gasteiger partial charge in [-0.05, 0) is 48.4 Å². The normalized spacial score (nSPS) is 12.0. The molecular weight excluding hydrogens is 368 g/mol. The van der Waals surface area contributed by atoms with Crippen molar-refractivity contribution in [2.45, 2.75) is 13.0 Å². The van der Waals surface area contributed by atoms with Crippen molar-refractivity contribution < 1.29 is 9.59 Å². The summed E-state index contributed by atoms with van der Waals surface area (Å²) >= 11 is 3.42. The number of carbonyl (C=O) groups is 2. The minimum Gasteiger partial charge on any atom is -0.355 e. The molecule has 0 radical (unpaired) electrons. The number of hydrogen-bond donors (Lipinski definition) is 2. The molecule has 1 unspecified atom stereocenters. The van der Waals surface area contributed by atoms with Gasteiger partial charge in [-0.2, -0.15) is 0 Å². The summed E-state index contributed by atoms with van der Waals surface area (Å²) in [7, 11) is 1.59. The molecule has 2 N–H and O–H groups in total. The zero-order chi connectivity index (χ0) is 17.5. The van der Waals surface area contributed by atoms with Crippen LogP contribution >= 0.6 is 15.9 Å². The summed E-state index contributed by atoms with van der Waals surface area (Å²) in [6, 6.07) is 14.8. The van der Waals surface area contributed by atoms with Crippen LogP contribution < -0.4 is 10.6 Å². The SMILES string of the molecule is CNC(=O)c1ccc(/C=C/C(=O)NC(C)c2cccc(Br)c2)cc1. The van der Waals surface area contributed by atoms with Gasteiger partial charge in [0.05, 0.1) is 6.04 Å². The molecule has 0 fully saturated rings. The van der Waals surface area contributed by atoms with E-state index in [0.29, 0.717) is 5.56 Å². The molecule has 124 valence electrons. The predicted molar refractivity (Wildman–Crippen MR) is 99.6 cm³/mol. The van der Waals surface area contributed by atoms with Crippen LogP contribution in [0.4, 0.5) is 0 Å². The number of rotatable bonds is 5. The van der Waals surface area contributed by atoms with Gasteiger partial charge in [-0.1, -0.05) is 40.2 Å². The fourth-order valence-corrected chi connectivity index (χ4v) is 2.60. The quantitative estimate of drug-likeness (QED) is 0.769. The van der Waals surface area contributed by atoms with Crippen LogP contribution in [-0.2, 0) is 4.79 Å². The Labute approximate surface area is 150 Å². The smallest absolute Gasteiger partial charge is 0.251 e. The van der Waals surface area contributed by atoms with E-state index in [4.69, 9.17) is 0 Å². The number of hydrogen-bond acceptors (Lipinski definition) is 2. The van der Waals surface area contributed by atoms with Crippen LogP contribution in [0.15, 0.2) is 59.1 Å². The second-order valence-corrected chi connectivity index (χ2v) is 6.24. The summed E-state index contributed by atoms with van der Waals surface area (Å²) in [6.07, 6.45) is 3.21. The van der Waals surface area contributed by atoms with Gasteiger partial charge in [-0.25, -0.2) is 0 Å². The molecule has 5 heteroatoms. The van der Waals surface area contributed by atoms with E-state index >= 15 is 0 Å². The summed E-state index contributed by atoms with van der Waals surface area (Å²) in [5, 5.41) is 5.49. The maximum atomic E-state index is 12.0. The molecule has 0 spiro atoms. The minimum absolute atomic E-state index is 0.0877. The first-order valence-corrected chi connectivity index (χ1v) is 8.35. The monoisotopic (exact) mass is 386 g/mol. The van der Waals surface area contributed by atoms with E-state index in [1.165, 1.54) is 6.08 Å². The Morgan fingerprint density at radius 2 is 1.83 bits per heavy atom. The first-order valence-electron chi connectivity index (χ1n) is 7.56. The zero-order valence-electron chi connectivity index (χ0n) is 13.5. The average Bonchev–Trinajstić information content (AvgIpc) is 2.59. The Balaban J connectivity index is 1.96. The summed E-state index contributed by atoms with van der Waals surface area (Å²) in [6.45, 7) is 1.94. The van der Waals surface area contributed by atoms with Crippen LogP contribution in [0.5, 0.6) is 0 Å². The van der Waals surface area contributed by atoms with E-state index in [9.17, 15) is 9.59 Å². The number of benzene rings is 2. The number of halogens is 1. The lowest BCUT2D eigenvalue weighted by Gasteiger charge is -2.13. The van der Waals surface area contributed by atoms with Gasteiger partial charge in [0.15, 0.2) is 0 Å². The third-order valence-electron chi connectivity index (χ3n) is 3.53. The van der Waals surface area contributed by atoms with Gasteiger partial charge >= 0.3 is 0 Å². The highest BCUT2D eigenvalue weighted by Crippen LogP contribution is 2.17. The summed E-state index contributed by atoms with van der Waals surface area (Å²) in [5.41, 5.74) is 2.47. The van der Waals surface area contributed by atoms with E-state index < -0.39 is 0 Å². The molecule has 0 heterocycles. The van der Waals surface area contributed by atoms with Crippen molar-refractivity contribution in [2.24, 2.45) is 0 Å². The van der Waals surface area contributed by atoms with Crippen molar-refractivity contribution in [3.05, 3.63) is 75.8 Å². The molecule has 1 atom stereocenters. The maximum absolute atomic E-state index is 12.0. The third-order valence-corrected chi connectivity index (χ3v) is 4.03. The van der Waals surface area contributed by atoms with Gasteiger partial charge < -0.3 is 10.6 Å². The molecule has 2 rings (SSSR count). The number of nitrogens with one attached hydrogen (secondary N) is 2. The van der Waals surface area contributed by atoms with Gasteiger partial charge in [0.25, 0.3) is 5.91 Å². The van der Waals surface area contributed by atoms with Crippen LogP contribution in [0.25, 0.3) is 6.08 Å². The first kappa shape index (κ1) is 17.9. The van der Waals surface area contributed by atoms with Crippen LogP contribution in [0.1, 0.15) is 34.5 Å². The highest BCUT2D eigenvalue weighted by Gasteiger charge is 2.07. The number of carbonyl (C=O) groups excluding carboxylic acids is 2. The van der Waals surface area contributed by atoms with Crippen LogP contribution in [-0.4, -0.2) is 18.9 Å². The Morgan fingerprint density at radius 1 is 1.12 bits per heavy atom. The largest absolute Gasteiger partial charge is 0.355 e.